The molecule has 1 atom stereocenters. The summed E-state index contributed by atoms with van der Waals surface area (Å²) in [5.74, 6) is -0.401. The second-order valence-electron chi connectivity index (χ2n) is 8.84. The summed E-state index contributed by atoms with van der Waals surface area (Å²) in [6.45, 7) is 5.54. The molecule has 188 valence electrons. The Bertz CT molecular complexity index is 1410. The standard InChI is InChI=1S/C27H29N3O5S/c1-17-13-18(2)26(19(3)14-17)36(33,34)30-22-11-7-6-10-21(22)29-27(32)23(30)15-25(31)28-16-20-9-5-8-12-24(20)35-4/h5-14,23H,15-16H2,1-4H3,(H,28,31)(H,29,32). The van der Waals surface area contributed by atoms with Crippen LogP contribution in [0.25, 0.3) is 0 Å². The van der Waals surface area contributed by atoms with Crippen LogP contribution < -0.4 is 19.7 Å². The lowest BCUT2D eigenvalue weighted by Gasteiger charge is -2.37. The molecule has 0 saturated carbocycles. The normalized spacial score (nSPS) is 15.2. The van der Waals surface area contributed by atoms with Crippen LogP contribution in [-0.4, -0.2) is 33.4 Å². The minimum Gasteiger partial charge on any atom is -0.496 e. The Balaban J connectivity index is 1.70. The number of nitrogens with zero attached hydrogens (tertiary/aromatic N) is 1. The van der Waals surface area contributed by atoms with E-state index in [-0.39, 0.29) is 17.9 Å². The third-order valence-electron chi connectivity index (χ3n) is 6.15. The third kappa shape index (κ3) is 4.79. The minimum atomic E-state index is -4.19. The van der Waals surface area contributed by atoms with Gasteiger partial charge < -0.3 is 15.4 Å². The lowest BCUT2D eigenvalue weighted by molar-refractivity contribution is -0.125. The first-order valence-corrected chi connectivity index (χ1v) is 13.0. The van der Waals surface area contributed by atoms with E-state index in [2.05, 4.69) is 10.6 Å². The van der Waals surface area contributed by atoms with Gasteiger partial charge in [0.1, 0.15) is 11.8 Å². The summed E-state index contributed by atoms with van der Waals surface area (Å²) in [4.78, 5) is 26.3. The number of fused-ring (bicyclic) bond motifs is 1. The summed E-state index contributed by atoms with van der Waals surface area (Å²) >= 11 is 0. The van der Waals surface area contributed by atoms with Gasteiger partial charge in [-0.3, -0.25) is 13.9 Å². The van der Waals surface area contributed by atoms with Crippen molar-refractivity contribution in [3.63, 3.8) is 0 Å². The number of hydrogen-bond acceptors (Lipinski definition) is 5. The first-order chi connectivity index (χ1) is 17.1. The van der Waals surface area contributed by atoms with Crippen molar-refractivity contribution in [2.24, 2.45) is 0 Å². The smallest absolute Gasteiger partial charge is 0.265 e. The minimum absolute atomic E-state index is 0.136. The number of benzene rings is 3. The van der Waals surface area contributed by atoms with Crippen molar-refractivity contribution in [3.05, 3.63) is 82.9 Å². The van der Waals surface area contributed by atoms with E-state index in [1.807, 2.05) is 25.1 Å². The van der Waals surface area contributed by atoms with Crippen molar-refractivity contribution in [3.8, 4) is 5.75 Å². The van der Waals surface area contributed by atoms with Gasteiger partial charge in [0.15, 0.2) is 0 Å². The number of para-hydroxylation sites is 3. The molecule has 2 N–H and O–H groups in total. The molecule has 0 saturated heterocycles. The van der Waals surface area contributed by atoms with Gasteiger partial charge in [0.2, 0.25) is 11.8 Å². The lowest BCUT2D eigenvalue weighted by atomic mass is 10.1. The molecule has 3 aromatic rings. The maximum absolute atomic E-state index is 14.1. The Hall–Kier alpha value is -3.85. The summed E-state index contributed by atoms with van der Waals surface area (Å²) in [5.41, 5.74) is 3.55. The van der Waals surface area contributed by atoms with E-state index in [1.165, 1.54) is 0 Å². The molecule has 1 unspecified atom stereocenters. The maximum atomic E-state index is 14.1. The van der Waals surface area contributed by atoms with Crippen molar-refractivity contribution >= 4 is 33.2 Å². The molecule has 0 bridgehead atoms. The van der Waals surface area contributed by atoms with Gasteiger partial charge in [0.25, 0.3) is 10.0 Å². The Morgan fingerprint density at radius 2 is 1.67 bits per heavy atom. The zero-order valence-electron chi connectivity index (χ0n) is 20.7. The summed E-state index contributed by atoms with van der Waals surface area (Å²) in [6, 6.07) is 16.3. The molecule has 1 aliphatic heterocycles. The molecular formula is C27H29N3O5S. The molecular weight excluding hydrogens is 478 g/mol. The van der Waals surface area contributed by atoms with Crippen LogP contribution in [0.5, 0.6) is 5.75 Å². The van der Waals surface area contributed by atoms with Crippen molar-refractivity contribution < 1.29 is 22.7 Å². The van der Waals surface area contributed by atoms with Crippen LogP contribution in [0.3, 0.4) is 0 Å². The number of anilines is 2. The van der Waals surface area contributed by atoms with Crippen LogP contribution in [0.4, 0.5) is 11.4 Å². The van der Waals surface area contributed by atoms with E-state index in [0.717, 1.165) is 15.4 Å². The molecule has 2 amide bonds. The third-order valence-corrected chi connectivity index (χ3v) is 8.28. The molecule has 36 heavy (non-hydrogen) atoms. The van der Waals surface area contributed by atoms with E-state index < -0.39 is 27.9 Å². The van der Waals surface area contributed by atoms with Gasteiger partial charge in [-0.1, -0.05) is 48.0 Å². The molecule has 0 fully saturated rings. The average Bonchev–Trinajstić information content (AvgIpc) is 2.82. The van der Waals surface area contributed by atoms with Crippen LogP contribution in [0.1, 0.15) is 28.7 Å². The van der Waals surface area contributed by atoms with E-state index in [4.69, 9.17) is 4.74 Å². The van der Waals surface area contributed by atoms with Gasteiger partial charge in [-0.2, -0.15) is 0 Å². The molecule has 0 aromatic heterocycles. The van der Waals surface area contributed by atoms with Crippen molar-refractivity contribution in [1.82, 2.24) is 5.32 Å². The van der Waals surface area contributed by atoms with E-state index in [0.29, 0.717) is 28.3 Å². The monoisotopic (exact) mass is 507 g/mol. The first kappa shape index (κ1) is 25.2. The van der Waals surface area contributed by atoms with Gasteiger partial charge in [0.05, 0.1) is 29.8 Å². The van der Waals surface area contributed by atoms with Crippen molar-refractivity contribution in [2.45, 2.75) is 44.7 Å². The van der Waals surface area contributed by atoms with Crippen molar-refractivity contribution in [1.29, 1.82) is 0 Å². The molecule has 9 heteroatoms. The summed E-state index contributed by atoms with van der Waals surface area (Å²) in [5, 5.41) is 5.54. The highest BCUT2D eigenvalue weighted by Crippen LogP contribution is 2.38. The van der Waals surface area contributed by atoms with E-state index >= 15 is 0 Å². The number of ether oxygens (including phenoxy) is 1. The summed E-state index contributed by atoms with van der Waals surface area (Å²) < 4.78 is 34.6. The van der Waals surface area contributed by atoms with E-state index in [1.54, 1.807) is 63.4 Å². The topological polar surface area (TPSA) is 105 Å². The highest BCUT2D eigenvalue weighted by molar-refractivity contribution is 7.93. The number of rotatable bonds is 7. The Morgan fingerprint density at radius 3 is 2.36 bits per heavy atom. The number of amides is 2. The number of aryl methyl sites for hydroxylation is 3. The molecule has 1 aliphatic rings. The number of carbonyl (C=O) groups is 2. The van der Waals surface area contributed by atoms with Gasteiger partial charge in [-0.05, 0) is 50.1 Å². The first-order valence-electron chi connectivity index (χ1n) is 11.5. The number of nitrogens with one attached hydrogen (secondary N) is 2. The Kier molecular flexibility index (Phi) is 7.03. The number of sulfonamides is 1. The quantitative estimate of drug-likeness (QED) is 0.506. The predicted molar refractivity (Wildman–Crippen MR) is 139 cm³/mol. The fourth-order valence-electron chi connectivity index (χ4n) is 4.70. The number of carbonyl (C=O) groups excluding carboxylic acids is 2. The largest absolute Gasteiger partial charge is 0.496 e. The zero-order valence-corrected chi connectivity index (χ0v) is 21.5. The van der Waals surface area contributed by atoms with Gasteiger partial charge >= 0.3 is 0 Å². The van der Waals surface area contributed by atoms with Crippen LogP contribution in [0, 0.1) is 20.8 Å². The molecule has 8 nitrogen and oxygen atoms in total. The lowest BCUT2D eigenvalue weighted by Crippen LogP contribution is -2.53. The van der Waals surface area contributed by atoms with Crippen molar-refractivity contribution in [2.75, 3.05) is 16.7 Å². The van der Waals surface area contributed by atoms with Crippen LogP contribution in [-0.2, 0) is 26.2 Å². The molecule has 4 rings (SSSR count). The fraction of sp³-hybridized carbons (Fsp3) is 0.259. The highest BCUT2D eigenvalue weighted by atomic mass is 32.2. The summed E-state index contributed by atoms with van der Waals surface area (Å²) in [7, 11) is -2.64. The maximum Gasteiger partial charge on any atom is 0.265 e. The van der Waals surface area contributed by atoms with Gasteiger partial charge in [0, 0.05) is 12.1 Å². The second-order valence-corrected chi connectivity index (χ2v) is 10.6. The Labute approximate surface area is 211 Å². The molecule has 3 aromatic carbocycles. The molecule has 0 aliphatic carbocycles. The molecule has 1 heterocycles. The molecule has 0 spiro atoms. The second kappa shape index (κ2) is 10.0. The fourth-order valence-corrected chi connectivity index (χ4v) is 6.75. The number of hydrogen-bond donors (Lipinski definition) is 2. The highest BCUT2D eigenvalue weighted by Gasteiger charge is 2.42. The van der Waals surface area contributed by atoms with Crippen LogP contribution in [0.15, 0.2) is 65.6 Å². The zero-order chi connectivity index (χ0) is 26.0. The predicted octanol–water partition coefficient (Wildman–Crippen LogP) is 3.84. The summed E-state index contributed by atoms with van der Waals surface area (Å²) in [6.07, 6.45) is -0.349. The average molecular weight is 508 g/mol. The van der Waals surface area contributed by atoms with Gasteiger partial charge in [-0.15, -0.1) is 0 Å². The SMILES string of the molecule is COc1ccccc1CNC(=O)CC1C(=O)Nc2ccccc2N1S(=O)(=O)c1c(C)cc(C)cc1C. The van der Waals surface area contributed by atoms with Gasteiger partial charge in [-0.25, -0.2) is 8.42 Å². The molecule has 0 radical (unpaired) electrons. The Morgan fingerprint density at radius 1 is 1.03 bits per heavy atom. The van der Waals surface area contributed by atoms with Crippen LogP contribution >= 0.6 is 0 Å². The van der Waals surface area contributed by atoms with E-state index in [9.17, 15) is 18.0 Å². The number of methoxy groups -OCH3 is 1. The van der Waals surface area contributed by atoms with Crippen LogP contribution in [0.2, 0.25) is 0 Å².